The molecule has 1 amide bonds. The summed E-state index contributed by atoms with van der Waals surface area (Å²) < 4.78 is 46.8. The molecule has 10 heteroatoms. The second-order valence-electron chi connectivity index (χ2n) is 6.94. The van der Waals surface area contributed by atoms with E-state index in [1.54, 1.807) is 17.0 Å². The molecule has 0 saturated carbocycles. The van der Waals surface area contributed by atoms with Crippen molar-refractivity contribution in [3.63, 3.8) is 0 Å². The summed E-state index contributed by atoms with van der Waals surface area (Å²) in [6, 6.07) is 8.41. The summed E-state index contributed by atoms with van der Waals surface area (Å²) >= 11 is 0. The summed E-state index contributed by atoms with van der Waals surface area (Å²) in [5, 5.41) is 3.71. The fraction of sp³-hybridized carbons (Fsp3) is 0.316. The number of benzene rings is 1. The van der Waals surface area contributed by atoms with Crippen molar-refractivity contribution in [2.45, 2.75) is 23.9 Å². The number of aromatic nitrogens is 2. The van der Waals surface area contributed by atoms with E-state index in [0.29, 0.717) is 30.4 Å². The van der Waals surface area contributed by atoms with Crippen LogP contribution in [0, 0.1) is 5.82 Å². The maximum absolute atomic E-state index is 13.1. The molecular formula is C19H18FN3O5S. The van der Waals surface area contributed by atoms with Crippen LogP contribution in [-0.2, 0) is 9.84 Å². The van der Waals surface area contributed by atoms with Gasteiger partial charge in [-0.15, -0.1) is 0 Å². The molecule has 0 spiro atoms. The van der Waals surface area contributed by atoms with Gasteiger partial charge < -0.3 is 13.8 Å². The van der Waals surface area contributed by atoms with Gasteiger partial charge in [0.05, 0.1) is 5.92 Å². The number of amides is 1. The number of nitrogens with zero attached hydrogens (tertiary/aromatic N) is 3. The molecule has 3 aromatic rings. The van der Waals surface area contributed by atoms with Crippen molar-refractivity contribution < 1.29 is 26.5 Å². The average molecular weight is 419 g/mol. The van der Waals surface area contributed by atoms with Crippen molar-refractivity contribution in [3.05, 3.63) is 53.9 Å². The molecule has 29 heavy (non-hydrogen) atoms. The lowest BCUT2D eigenvalue weighted by Gasteiger charge is -2.30. The lowest BCUT2D eigenvalue weighted by molar-refractivity contribution is 0.0658. The molecule has 4 rings (SSSR count). The minimum atomic E-state index is -3.52. The number of carbonyl (C=O) groups is 1. The Morgan fingerprint density at radius 3 is 2.66 bits per heavy atom. The first kappa shape index (κ1) is 19.3. The molecule has 0 bridgehead atoms. The van der Waals surface area contributed by atoms with Gasteiger partial charge >= 0.3 is 0 Å². The Morgan fingerprint density at radius 2 is 1.97 bits per heavy atom. The second kappa shape index (κ2) is 7.43. The second-order valence-corrected chi connectivity index (χ2v) is 8.89. The predicted molar refractivity (Wildman–Crippen MR) is 99.4 cm³/mol. The maximum atomic E-state index is 13.1. The minimum Gasteiger partial charge on any atom is -0.440 e. The Labute approximate surface area is 166 Å². The normalized spacial score (nSPS) is 17.4. The van der Waals surface area contributed by atoms with Crippen LogP contribution in [0.4, 0.5) is 4.39 Å². The number of likely N-dealkylation sites (tertiary alicyclic amines) is 1. The number of rotatable bonds is 4. The number of halogens is 1. The van der Waals surface area contributed by atoms with Crippen LogP contribution in [0.1, 0.15) is 35.2 Å². The predicted octanol–water partition coefficient (Wildman–Crippen LogP) is 2.89. The molecule has 1 aliphatic heterocycles. The van der Waals surface area contributed by atoms with E-state index in [4.69, 9.17) is 8.94 Å². The highest BCUT2D eigenvalue weighted by molar-refractivity contribution is 7.90. The van der Waals surface area contributed by atoms with Crippen molar-refractivity contribution in [2.24, 2.45) is 0 Å². The zero-order valence-electron chi connectivity index (χ0n) is 15.5. The summed E-state index contributed by atoms with van der Waals surface area (Å²) in [5.41, 5.74) is 0.633. The van der Waals surface area contributed by atoms with Crippen molar-refractivity contribution in [1.82, 2.24) is 15.0 Å². The van der Waals surface area contributed by atoms with Gasteiger partial charge in [-0.3, -0.25) is 4.79 Å². The smallest absolute Gasteiger partial charge is 0.289 e. The molecule has 0 radical (unpaired) electrons. The molecule has 152 valence electrons. The van der Waals surface area contributed by atoms with E-state index in [1.165, 1.54) is 24.3 Å². The number of hydrogen-bond acceptors (Lipinski definition) is 7. The highest BCUT2D eigenvalue weighted by atomic mass is 32.2. The van der Waals surface area contributed by atoms with Gasteiger partial charge in [0, 0.05) is 24.9 Å². The third-order valence-corrected chi connectivity index (χ3v) is 5.71. The molecule has 1 aromatic carbocycles. The number of piperidine rings is 1. The highest BCUT2D eigenvalue weighted by Gasteiger charge is 2.31. The van der Waals surface area contributed by atoms with Gasteiger partial charge in [0.1, 0.15) is 5.82 Å². The number of hydrogen-bond donors (Lipinski definition) is 0. The lowest BCUT2D eigenvalue weighted by atomic mass is 9.97. The van der Waals surface area contributed by atoms with E-state index in [0.717, 1.165) is 19.1 Å². The summed E-state index contributed by atoms with van der Waals surface area (Å²) in [5.74, 6) is -0.161. The van der Waals surface area contributed by atoms with Crippen molar-refractivity contribution in [1.29, 1.82) is 0 Å². The average Bonchev–Trinajstić information content (AvgIpc) is 3.38. The first-order chi connectivity index (χ1) is 13.8. The van der Waals surface area contributed by atoms with Crippen LogP contribution >= 0.6 is 0 Å². The quantitative estimate of drug-likeness (QED) is 0.640. The number of furan rings is 1. The van der Waals surface area contributed by atoms with Crippen LogP contribution in [0.25, 0.3) is 11.4 Å². The van der Waals surface area contributed by atoms with Gasteiger partial charge in [0.15, 0.2) is 5.76 Å². The Kier molecular flexibility index (Phi) is 4.95. The summed E-state index contributed by atoms with van der Waals surface area (Å²) in [7, 11) is -3.52. The Hall–Kier alpha value is -3.01. The Morgan fingerprint density at radius 1 is 1.21 bits per heavy atom. The highest BCUT2D eigenvalue weighted by Crippen LogP contribution is 2.29. The molecule has 1 aliphatic rings. The Balaban J connectivity index is 1.49. The van der Waals surface area contributed by atoms with Crippen molar-refractivity contribution in [3.8, 4) is 11.4 Å². The van der Waals surface area contributed by atoms with E-state index in [2.05, 4.69) is 10.1 Å². The molecular weight excluding hydrogens is 401 g/mol. The largest absolute Gasteiger partial charge is 0.440 e. The summed E-state index contributed by atoms with van der Waals surface area (Å²) in [6.45, 7) is 0.863. The molecule has 1 fully saturated rings. The van der Waals surface area contributed by atoms with Crippen molar-refractivity contribution in [2.75, 3.05) is 19.3 Å². The number of sulfone groups is 1. The van der Waals surface area contributed by atoms with Crippen LogP contribution in [0.2, 0.25) is 0 Å². The van der Waals surface area contributed by atoms with Crippen molar-refractivity contribution >= 4 is 15.7 Å². The maximum Gasteiger partial charge on any atom is 0.289 e. The van der Waals surface area contributed by atoms with E-state index < -0.39 is 9.84 Å². The lowest BCUT2D eigenvalue weighted by Crippen LogP contribution is -2.39. The van der Waals surface area contributed by atoms with Crippen LogP contribution < -0.4 is 0 Å². The zero-order valence-corrected chi connectivity index (χ0v) is 16.4. The van der Waals surface area contributed by atoms with Gasteiger partial charge in [0.25, 0.3) is 5.91 Å². The third kappa shape index (κ3) is 4.07. The first-order valence-corrected chi connectivity index (χ1v) is 10.9. The fourth-order valence-electron chi connectivity index (χ4n) is 3.27. The molecule has 2 aromatic heterocycles. The van der Waals surface area contributed by atoms with Gasteiger partial charge in [0.2, 0.25) is 26.6 Å². The standard InChI is InChI=1S/C19H18FN3O5S/c1-29(25,26)16-9-8-15(27-16)19(24)23-10-2-3-13(11-23)18-21-17(22-28-18)12-4-6-14(20)7-5-12/h4-9,13H,2-3,10-11H2,1H3. The van der Waals surface area contributed by atoms with E-state index in [9.17, 15) is 17.6 Å². The topological polar surface area (TPSA) is 107 Å². The van der Waals surface area contributed by atoms with Gasteiger partial charge in [-0.2, -0.15) is 4.98 Å². The van der Waals surface area contributed by atoms with Crippen LogP contribution in [0.3, 0.4) is 0 Å². The molecule has 0 aliphatic carbocycles. The monoisotopic (exact) mass is 419 g/mol. The third-order valence-electron chi connectivity index (χ3n) is 4.76. The molecule has 8 nitrogen and oxygen atoms in total. The van der Waals surface area contributed by atoms with E-state index in [-0.39, 0.29) is 28.5 Å². The van der Waals surface area contributed by atoms with Crippen LogP contribution in [0.5, 0.6) is 0 Å². The number of carbonyl (C=O) groups excluding carboxylic acids is 1. The minimum absolute atomic E-state index is 0.0244. The first-order valence-electron chi connectivity index (χ1n) is 9.00. The fourth-order valence-corrected chi connectivity index (χ4v) is 3.83. The van der Waals surface area contributed by atoms with E-state index >= 15 is 0 Å². The van der Waals surface area contributed by atoms with Crippen LogP contribution in [-0.4, -0.2) is 48.7 Å². The van der Waals surface area contributed by atoms with Gasteiger partial charge in [-0.25, -0.2) is 12.8 Å². The van der Waals surface area contributed by atoms with Gasteiger partial charge in [-0.05, 0) is 49.2 Å². The molecule has 0 N–H and O–H groups in total. The SMILES string of the molecule is CS(=O)(=O)c1ccc(C(=O)N2CCCC(c3nc(-c4ccc(F)cc4)no3)C2)o1. The summed E-state index contributed by atoms with van der Waals surface area (Å²) in [6.07, 6.45) is 2.51. The zero-order chi connectivity index (χ0) is 20.6. The van der Waals surface area contributed by atoms with Gasteiger partial charge in [-0.1, -0.05) is 5.16 Å². The molecule has 1 saturated heterocycles. The molecule has 3 heterocycles. The Bertz CT molecular complexity index is 1140. The molecule has 1 atom stereocenters. The summed E-state index contributed by atoms with van der Waals surface area (Å²) in [4.78, 5) is 18.7. The van der Waals surface area contributed by atoms with E-state index in [1.807, 2.05) is 0 Å². The van der Waals surface area contributed by atoms with Crippen LogP contribution in [0.15, 0.2) is 50.4 Å². The molecule has 1 unspecified atom stereocenters.